The number of benzene rings is 3. The molecule has 0 bridgehead atoms. The minimum Gasteiger partial charge on any atom is -0.507 e. The van der Waals surface area contributed by atoms with Crippen molar-refractivity contribution in [1.82, 2.24) is 0 Å². The molecule has 6 nitrogen and oxygen atoms in total. The van der Waals surface area contributed by atoms with Crippen LogP contribution in [0.25, 0.3) is 5.76 Å². The second-order valence-electron chi connectivity index (χ2n) is 8.50. The van der Waals surface area contributed by atoms with Gasteiger partial charge in [0.2, 0.25) is 0 Å². The van der Waals surface area contributed by atoms with Crippen LogP contribution in [0.5, 0.6) is 11.5 Å². The Balaban J connectivity index is 1.84. The molecule has 1 N–H and O–H groups in total. The third-order valence-corrected chi connectivity index (χ3v) is 5.73. The Morgan fingerprint density at radius 3 is 2.32 bits per heavy atom. The highest BCUT2D eigenvalue weighted by Crippen LogP contribution is 2.43. The van der Waals surface area contributed by atoms with Crippen molar-refractivity contribution in [1.29, 1.82) is 0 Å². The summed E-state index contributed by atoms with van der Waals surface area (Å²) in [6.07, 6.45) is -4.12. The van der Waals surface area contributed by atoms with Crippen LogP contribution in [0.3, 0.4) is 0 Å². The fraction of sp³-hybridized carbons (Fsp3) is 0.214. The van der Waals surface area contributed by atoms with Crippen LogP contribution in [0.4, 0.5) is 18.9 Å². The van der Waals surface area contributed by atoms with Gasteiger partial charge in [-0.3, -0.25) is 14.5 Å². The van der Waals surface area contributed by atoms with Crippen molar-refractivity contribution in [2.75, 3.05) is 11.5 Å². The highest BCUT2D eigenvalue weighted by Gasteiger charge is 2.47. The molecule has 1 heterocycles. The van der Waals surface area contributed by atoms with E-state index in [-0.39, 0.29) is 16.8 Å². The van der Waals surface area contributed by atoms with E-state index in [4.69, 9.17) is 4.74 Å². The lowest BCUT2D eigenvalue weighted by atomic mass is 9.94. The number of hydrogen-bond donors (Lipinski definition) is 1. The number of anilines is 1. The number of nitrogens with zero attached hydrogens (tertiary/aromatic N) is 1. The zero-order chi connectivity index (χ0) is 26.7. The number of halogens is 3. The number of aliphatic hydroxyl groups is 1. The van der Waals surface area contributed by atoms with Crippen LogP contribution < -0.4 is 14.4 Å². The standard InChI is InChI=1S/C28H24F3NO5/c1-3-14-36-21-12-10-18(11-13-21)25(33)23-24(19-7-4-6-17(2)15-19)32(27(35)26(23)34)20-8-5-9-22(16-20)37-28(29,30)31/h4-13,15-16,24,33H,3,14H2,1-2H3/b25-23+. The molecule has 1 unspecified atom stereocenters. The summed E-state index contributed by atoms with van der Waals surface area (Å²) >= 11 is 0. The first-order chi connectivity index (χ1) is 17.6. The number of alkyl halides is 3. The van der Waals surface area contributed by atoms with Crippen LogP contribution in [-0.4, -0.2) is 29.8 Å². The van der Waals surface area contributed by atoms with Gasteiger partial charge in [0.05, 0.1) is 18.2 Å². The van der Waals surface area contributed by atoms with Crippen LogP contribution in [-0.2, 0) is 9.59 Å². The van der Waals surface area contributed by atoms with Crippen molar-refractivity contribution in [3.8, 4) is 11.5 Å². The lowest BCUT2D eigenvalue weighted by Gasteiger charge is -2.26. The monoisotopic (exact) mass is 511 g/mol. The molecular weight excluding hydrogens is 487 g/mol. The van der Waals surface area contributed by atoms with E-state index in [1.54, 1.807) is 42.5 Å². The molecular formula is C28H24F3NO5. The molecule has 4 rings (SSSR count). The van der Waals surface area contributed by atoms with Crippen molar-refractivity contribution in [3.05, 3.63) is 95.1 Å². The lowest BCUT2D eigenvalue weighted by molar-refractivity contribution is -0.274. The van der Waals surface area contributed by atoms with E-state index in [0.29, 0.717) is 17.9 Å². The number of rotatable bonds is 7. The van der Waals surface area contributed by atoms with E-state index in [9.17, 15) is 27.9 Å². The molecule has 0 aromatic heterocycles. The topological polar surface area (TPSA) is 76.1 Å². The van der Waals surface area contributed by atoms with Gasteiger partial charge < -0.3 is 14.6 Å². The minimum absolute atomic E-state index is 0.0118. The van der Waals surface area contributed by atoms with Crippen LogP contribution in [0.2, 0.25) is 0 Å². The number of carbonyl (C=O) groups is 2. The van der Waals surface area contributed by atoms with E-state index >= 15 is 0 Å². The molecule has 1 fully saturated rings. The van der Waals surface area contributed by atoms with Gasteiger partial charge in [0, 0.05) is 17.3 Å². The molecule has 1 amide bonds. The molecule has 37 heavy (non-hydrogen) atoms. The highest BCUT2D eigenvalue weighted by molar-refractivity contribution is 6.51. The summed E-state index contributed by atoms with van der Waals surface area (Å²) in [7, 11) is 0. The summed E-state index contributed by atoms with van der Waals surface area (Å²) in [5, 5.41) is 11.2. The van der Waals surface area contributed by atoms with E-state index in [0.717, 1.165) is 29.0 Å². The second-order valence-corrected chi connectivity index (χ2v) is 8.50. The normalized spacial score (nSPS) is 17.2. The van der Waals surface area contributed by atoms with Gasteiger partial charge in [-0.25, -0.2) is 0 Å². The van der Waals surface area contributed by atoms with Gasteiger partial charge in [-0.1, -0.05) is 42.8 Å². The van der Waals surface area contributed by atoms with Gasteiger partial charge in [-0.15, -0.1) is 13.2 Å². The van der Waals surface area contributed by atoms with Crippen LogP contribution in [0.15, 0.2) is 78.4 Å². The van der Waals surface area contributed by atoms with Gasteiger partial charge in [0.15, 0.2) is 0 Å². The first-order valence-corrected chi connectivity index (χ1v) is 11.6. The number of Topliss-reactive ketones (excluding diaryl/α,β-unsaturated/α-hetero) is 1. The molecule has 0 radical (unpaired) electrons. The highest BCUT2D eigenvalue weighted by atomic mass is 19.4. The molecule has 9 heteroatoms. The predicted molar refractivity (Wildman–Crippen MR) is 131 cm³/mol. The Morgan fingerprint density at radius 1 is 0.973 bits per heavy atom. The number of amides is 1. The fourth-order valence-electron chi connectivity index (χ4n) is 4.17. The Bertz CT molecular complexity index is 1350. The van der Waals surface area contributed by atoms with E-state index in [1.165, 1.54) is 12.1 Å². The lowest BCUT2D eigenvalue weighted by Crippen LogP contribution is -2.29. The smallest absolute Gasteiger partial charge is 0.507 e. The zero-order valence-corrected chi connectivity index (χ0v) is 20.1. The number of aliphatic hydroxyl groups excluding tert-OH is 1. The van der Waals surface area contributed by atoms with Crippen LogP contribution in [0.1, 0.15) is 36.1 Å². The maximum Gasteiger partial charge on any atom is 0.573 e. The third kappa shape index (κ3) is 5.61. The van der Waals surface area contributed by atoms with Gasteiger partial charge in [0.1, 0.15) is 17.3 Å². The summed E-state index contributed by atoms with van der Waals surface area (Å²) in [6.45, 7) is 4.30. The summed E-state index contributed by atoms with van der Waals surface area (Å²) < 4.78 is 48.0. The molecule has 1 aliphatic rings. The second kappa shape index (κ2) is 10.4. The number of ketones is 1. The number of ether oxygens (including phenoxy) is 2. The Labute approximate surface area is 211 Å². The third-order valence-electron chi connectivity index (χ3n) is 5.73. The van der Waals surface area contributed by atoms with Crippen molar-refractivity contribution in [2.24, 2.45) is 0 Å². The summed E-state index contributed by atoms with van der Waals surface area (Å²) in [5.41, 5.74) is 1.45. The van der Waals surface area contributed by atoms with Gasteiger partial charge in [-0.2, -0.15) is 0 Å². The molecule has 192 valence electrons. The van der Waals surface area contributed by atoms with Crippen molar-refractivity contribution in [3.63, 3.8) is 0 Å². The number of carbonyl (C=O) groups excluding carboxylic acids is 2. The van der Waals surface area contributed by atoms with E-state index in [2.05, 4.69) is 4.74 Å². The average molecular weight is 511 g/mol. The fourth-order valence-corrected chi connectivity index (χ4v) is 4.17. The van der Waals surface area contributed by atoms with Crippen molar-refractivity contribution >= 4 is 23.1 Å². The molecule has 1 atom stereocenters. The Morgan fingerprint density at radius 2 is 1.68 bits per heavy atom. The SMILES string of the molecule is CCCOc1ccc(/C(O)=C2\C(=O)C(=O)N(c3cccc(OC(F)(F)F)c3)C2c2cccc(C)c2)cc1. The van der Waals surface area contributed by atoms with E-state index in [1.807, 2.05) is 19.9 Å². The van der Waals surface area contributed by atoms with Crippen molar-refractivity contribution < 1.29 is 37.3 Å². The molecule has 1 saturated heterocycles. The van der Waals surface area contributed by atoms with Crippen LogP contribution >= 0.6 is 0 Å². The van der Waals surface area contributed by atoms with Crippen molar-refractivity contribution in [2.45, 2.75) is 32.7 Å². The molecule has 0 saturated carbocycles. The van der Waals surface area contributed by atoms with Gasteiger partial charge in [-0.05, 0) is 55.3 Å². The molecule has 3 aromatic rings. The number of aryl methyl sites for hydroxylation is 1. The largest absolute Gasteiger partial charge is 0.573 e. The maximum atomic E-state index is 13.2. The summed E-state index contributed by atoms with van der Waals surface area (Å²) in [4.78, 5) is 27.6. The molecule has 0 spiro atoms. The molecule has 1 aliphatic heterocycles. The molecule has 0 aliphatic carbocycles. The van der Waals surface area contributed by atoms with Crippen LogP contribution in [0, 0.1) is 6.92 Å². The summed E-state index contributed by atoms with van der Waals surface area (Å²) in [6, 6.07) is 17.1. The Kier molecular flexibility index (Phi) is 7.24. The van der Waals surface area contributed by atoms with Gasteiger partial charge >= 0.3 is 6.36 Å². The average Bonchev–Trinajstić information content (AvgIpc) is 3.12. The van der Waals surface area contributed by atoms with E-state index < -0.39 is 35.6 Å². The minimum atomic E-state index is -4.93. The predicted octanol–water partition coefficient (Wildman–Crippen LogP) is 6.31. The first-order valence-electron chi connectivity index (χ1n) is 11.6. The zero-order valence-electron chi connectivity index (χ0n) is 20.1. The quantitative estimate of drug-likeness (QED) is 0.229. The van der Waals surface area contributed by atoms with Gasteiger partial charge in [0.25, 0.3) is 11.7 Å². The number of hydrogen-bond acceptors (Lipinski definition) is 5. The Hall–Kier alpha value is -4.27. The first kappa shape index (κ1) is 25.8. The molecule has 3 aromatic carbocycles. The summed E-state index contributed by atoms with van der Waals surface area (Å²) in [5.74, 6) is -2.32. The maximum absolute atomic E-state index is 13.2.